The van der Waals surface area contributed by atoms with E-state index in [1.165, 1.54) is 0 Å². The standard InChI is InChI=1S/C33H36ClN3O5/c1-37(2)28-17-23(18-29(37)32-31(28)42-32)41-33(40)36-27-16-20(11-13-24(27)22-8-4-3-5-9-22)7-6-10-30(39)35-26-14-12-21(19-38)15-25(26)34/h3-5,8-9,11-16,23,28-29,31-32,38H,6-7,10,17-19H2,1-2H3,(H-,35,36,39,40)/p+1/t23?,28-,29+,31-,32+. The first-order valence-electron chi connectivity index (χ1n) is 14.6. The molecule has 2 amide bonds. The van der Waals surface area contributed by atoms with Gasteiger partial charge in [0.05, 0.1) is 37.1 Å². The molecule has 9 heteroatoms. The van der Waals surface area contributed by atoms with Crippen LogP contribution in [0.25, 0.3) is 11.1 Å². The molecule has 1 unspecified atom stereocenters. The van der Waals surface area contributed by atoms with Gasteiger partial charge in [-0.3, -0.25) is 10.1 Å². The van der Waals surface area contributed by atoms with Gasteiger partial charge in [0.1, 0.15) is 30.4 Å². The van der Waals surface area contributed by atoms with Crippen LogP contribution in [0.5, 0.6) is 0 Å². The van der Waals surface area contributed by atoms with Gasteiger partial charge in [0.25, 0.3) is 0 Å². The number of carbonyl (C=O) groups is 2. The Morgan fingerprint density at radius 3 is 2.36 bits per heavy atom. The number of amides is 2. The molecule has 3 aromatic carbocycles. The van der Waals surface area contributed by atoms with Gasteiger partial charge in [-0.25, -0.2) is 4.79 Å². The normalized spacial score (nSPS) is 24.9. The molecule has 220 valence electrons. The van der Waals surface area contributed by atoms with Crippen molar-refractivity contribution in [1.82, 2.24) is 0 Å². The predicted octanol–water partition coefficient (Wildman–Crippen LogP) is 5.77. The molecule has 42 heavy (non-hydrogen) atoms. The van der Waals surface area contributed by atoms with Crippen LogP contribution in [0.15, 0.2) is 66.7 Å². The number of hydrogen-bond donors (Lipinski definition) is 3. The van der Waals surface area contributed by atoms with Crippen molar-refractivity contribution in [3.8, 4) is 11.1 Å². The summed E-state index contributed by atoms with van der Waals surface area (Å²) in [7, 11) is 4.51. The van der Waals surface area contributed by atoms with Crippen LogP contribution in [0, 0.1) is 0 Å². The van der Waals surface area contributed by atoms with E-state index < -0.39 is 6.09 Å². The Morgan fingerprint density at radius 1 is 0.952 bits per heavy atom. The lowest BCUT2D eigenvalue weighted by Gasteiger charge is -2.45. The molecule has 3 N–H and O–H groups in total. The minimum atomic E-state index is -0.445. The number of quaternary nitrogens is 1. The SMILES string of the molecule is C[N+]1(C)[C@@H]2CC(OC(=O)Nc3cc(CCCC(=O)Nc4ccc(CO)cc4Cl)ccc3-c3ccccc3)C[C@H]1[C@@H]1O[C@@H]12. The minimum Gasteiger partial charge on any atom is -0.445 e. The maximum Gasteiger partial charge on any atom is 0.411 e. The number of nitrogens with one attached hydrogen (secondary N) is 2. The molecule has 5 atom stereocenters. The van der Waals surface area contributed by atoms with E-state index >= 15 is 0 Å². The number of piperidine rings is 1. The fourth-order valence-corrected chi connectivity index (χ4v) is 6.99. The molecule has 0 saturated carbocycles. The Labute approximate surface area is 251 Å². The Balaban J connectivity index is 1.09. The maximum absolute atomic E-state index is 13.2. The first kappa shape index (κ1) is 28.7. The van der Waals surface area contributed by atoms with E-state index in [1.807, 2.05) is 48.5 Å². The lowest BCUT2D eigenvalue weighted by Crippen LogP contribution is -2.60. The molecule has 3 aromatic rings. The Morgan fingerprint density at radius 2 is 1.67 bits per heavy atom. The molecule has 3 aliphatic heterocycles. The van der Waals surface area contributed by atoms with Crippen molar-refractivity contribution in [2.45, 2.75) is 69.1 Å². The highest BCUT2D eigenvalue weighted by atomic mass is 35.5. The number of fused-ring (bicyclic) bond motifs is 5. The number of benzene rings is 3. The highest BCUT2D eigenvalue weighted by molar-refractivity contribution is 6.33. The third-order valence-corrected chi connectivity index (χ3v) is 9.39. The van der Waals surface area contributed by atoms with Crippen LogP contribution in [-0.4, -0.2) is 66.1 Å². The van der Waals surface area contributed by atoms with Crippen molar-refractivity contribution in [3.05, 3.63) is 82.9 Å². The highest BCUT2D eigenvalue weighted by Gasteiger charge is 2.70. The molecule has 3 heterocycles. The molecule has 3 fully saturated rings. The Bertz CT molecular complexity index is 1460. The summed E-state index contributed by atoms with van der Waals surface area (Å²) in [6, 6.07) is 21.7. The third kappa shape index (κ3) is 5.90. The van der Waals surface area contributed by atoms with Crippen LogP contribution in [0.2, 0.25) is 5.02 Å². The van der Waals surface area contributed by atoms with E-state index in [4.69, 9.17) is 21.1 Å². The topological polar surface area (TPSA) is 100 Å². The average Bonchev–Trinajstić information content (AvgIpc) is 3.73. The number of nitrogens with zero attached hydrogens (tertiary/aromatic N) is 1. The number of epoxide rings is 1. The molecule has 0 aromatic heterocycles. The molecular weight excluding hydrogens is 554 g/mol. The van der Waals surface area contributed by atoms with Gasteiger partial charge in [0, 0.05) is 24.8 Å². The molecule has 0 spiro atoms. The number of rotatable bonds is 9. The summed E-state index contributed by atoms with van der Waals surface area (Å²) in [5, 5.41) is 15.5. The summed E-state index contributed by atoms with van der Waals surface area (Å²) in [4.78, 5) is 25.7. The minimum absolute atomic E-state index is 0.110. The van der Waals surface area contributed by atoms with Crippen LogP contribution in [-0.2, 0) is 27.3 Å². The van der Waals surface area contributed by atoms with Crippen LogP contribution >= 0.6 is 11.6 Å². The molecule has 8 nitrogen and oxygen atoms in total. The van der Waals surface area contributed by atoms with Crippen molar-refractivity contribution in [2.24, 2.45) is 0 Å². The van der Waals surface area contributed by atoms with Gasteiger partial charge < -0.3 is 24.4 Å². The molecule has 3 aliphatic rings. The first-order chi connectivity index (χ1) is 20.2. The van der Waals surface area contributed by atoms with Gasteiger partial charge in [0.2, 0.25) is 5.91 Å². The van der Waals surface area contributed by atoms with Crippen LogP contribution in [0.1, 0.15) is 36.8 Å². The maximum atomic E-state index is 13.2. The number of halogens is 1. The average molecular weight is 591 g/mol. The fraction of sp³-hybridized carbons (Fsp3) is 0.394. The number of anilines is 2. The van der Waals surface area contributed by atoms with Crippen molar-refractivity contribution in [3.63, 3.8) is 0 Å². The summed E-state index contributed by atoms with van der Waals surface area (Å²) < 4.78 is 12.8. The lowest BCUT2D eigenvalue weighted by molar-refractivity contribution is -0.938. The van der Waals surface area contributed by atoms with Crippen LogP contribution in [0.3, 0.4) is 0 Å². The van der Waals surface area contributed by atoms with E-state index in [2.05, 4.69) is 24.7 Å². The Kier molecular flexibility index (Phi) is 7.98. The number of carbonyl (C=O) groups excluding carboxylic acids is 2. The number of morpholine rings is 1. The zero-order valence-electron chi connectivity index (χ0n) is 23.9. The van der Waals surface area contributed by atoms with Gasteiger partial charge >= 0.3 is 6.09 Å². The molecular formula is C33H37ClN3O5+. The van der Waals surface area contributed by atoms with Crippen molar-refractivity contribution in [2.75, 3.05) is 24.7 Å². The predicted molar refractivity (Wildman–Crippen MR) is 162 cm³/mol. The summed E-state index contributed by atoms with van der Waals surface area (Å²) in [6.45, 7) is -0.110. The molecule has 0 aliphatic carbocycles. The smallest absolute Gasteiger partial charge is 0.411 e. The number of hydrogen-bond acceptors (Lipinski definition) is 5. The zero-order valence-corrected chi connectivity index (χ0v) is 24.6. The molecule has 2 bridgehead atoms. The van der Waals surface area contributed by atoms with Crippen molar-refractivity contribution in [1.29, 1.82) is 0 Å². The van der Waals surface area contributed by atoms with E-state index in [0.29, 0.717) is 65.5 Å². The lowest BCUT2D eigenvalue weighted by atomic mass is 9.96. The monoisotopic (exact) mass is 590 g/mol. The van der Waals surface area contributed by atoms with Gasteiger partial charge in [-0.2, -0.15) is 0 Å². The summed E-state index contributed by atoms with van der Waals surface area (Å²) in [6.07, 6.45) is 3.24. The second-order valence-electron chi connectivity index (χ2n) is 12.1. The summed E-state index contributed by atoms with van der Waals surface area (Å²) >= 11 is 6.23. The van der Waals surface area contributed by atoms with E-state index in [0.717, 1.165) is 34.0 Å². The number of aliphatic hydroxyl groups is 1. The van der Waals surface area contributed by atoms with E-state index in [1.54, 1.807) is 18.2 Å². The van der Waals surface area contributed by atoms with Crippen molar-refractivity contribution >= 4 is 35.0 Å². The van der Waals surface area contributed by atoms with Gasteiger partial charge in [-0.05, 0) is 47.7 Å². The molecule has 0 radical (unpaired) electrons. The number of aryl methyl sites for hydroxylation is 1. The second-order valence-corrected chi connectivity index (χ2v) is 12.5. The molecule has 6 rings (SSSR count). The van der Waals surface area contributed by atoms with E-state index in [-0.39, 0.29) is 18.6 Å². The number of likely N-dealkylation sites (N-methyl/N-ethyl adjacent to an activating group) is 1. The quantitative estimate of drug-likeness (QED) is 0.217. The van der Waals surface area contributed by atoms with Gasteiger partial charge in [-0.15, -0.1) is 0 Å². The summed E-state index contributed by atoms with van der Waals surface area (Å²) in [5.74, 6) is -0.136. The fourth-order valence-electron chi connectivity index (χ4n) is 6.74. The number of ether oxygens (including phenoxy) is 2. The zero-order chi connectivity index (χ0) is 29.4. The van der Waals surface area contributed by atoms with Gasteiger partial charge in [-0.1, -0.05) is 60.1 Å². The summed E-state index contributed by atoms with van der Waals surface area (Å²) in [5.41, 5.74) is 4.81. The second kappa shape index (κ2) is 11.7. The van der Waals surface area contributed by atoms with Crippen LogP contribution < -0.4 is 10.6 Å². The first-order valence-corrected chi connectivity index (χ1v) is 14.9. The van der Waals surface area contributed by atoms with Crippen molar-refractivity contribution < 1.29 is 28.7 Å². The number of aliphatic hydroxyl groups excluding tert-OH is 1. The molecule has 3 saturated heterocycles. The Hall–Kier alpha value is -3.43. The van der Waals surface area contributed by atoms with E-state index in [9.17, 15) is 14.7 Å². The van der Waals surface area contributed by atoms with Gasteiger partial charge in [0.15, 0.2) is 0 Å². The van der Waals surface area contributed by atoms with Crippen LogP contribution in [0.4, 0.5) is 16.2 Å². The largest absolute Gasteiger partial charge is 0.445 e. The third-order valence-electron chi connectivity index (χ3n) is 9.08. The highest BCUT2D eigenvalue weighted by Crippen LogP contribution is 2.51.